The number of methoxy groups -OCH3 is 1. The second-order valence-corrected chi connectivity index (χ2v) is 4.75. The normalized spacial score (nSPS) is 16.1. The summed E-state index contributed by atoms with van der Waals surface area (Å²) >= 11 is 0. The molecule has 2 unspecified atom stereocenters. The van der Waals surface area contributed by atoms with E-state index in [-0.39, 0.29) is 12.1 Å². The van der Waals surface area contributed by atoms with Gasteiger partial charge in [-0.25, -0.2) is 0 Å². The topological polar surface area (TPSA) is 61.7 Å². The quantitative estimate of drug-likeness (QED) is 0.689. The van der Waals surface area contributed by atoms with Crippen LogP contribution in [0.2, 0.25) is 0 Å². The van der Waals surface area contributed by atoms with Crippen LogP contribution >= 0.6 is 0 Å². The van der Waals surface area contributed by atoms with Crippen molar-refractivity contribution >= 4 is 0 Å². The monoisotopic (exact) mass is 253 g/mol. The Morgan fingerprint density at radius 3 is 2.72 bits per heavy atom. The van der Waals surface area contributed by atoms with Gasteiger partial charge in [0.05, 0.1) is 19.8 Å². The fraction of sp³-hybridized carbons (Fsp3) is 0.571. The van der Waals surface area contributed by atoms with Gasteiger partial charge in [0.15, 0.2) is 0 Å². The van der Waals surface area contributed by atoms with E-state index in [2.05, 4.69) is 5.32 Å². The fourth-order valence-corrected chi connectivity index (χ4v) is 1.60. The molecule has 0 aliphatic rings. The first-order valence-corrected chi connectivity index (χ1v) is 6.22. The Morgan fingerprint density at radius 2 is 2.17 bits per heavy atom. The van der Waals surface area contributed by atoms with Crippen LogP contribution in [-0.4, -0.2) is 36.0 Å². The Morgan fingerprint density at radius 1 is 1.44 bits per heavy atom. The van der Waals surface area contributed by atoms with Crippen LogP contribution < -0.4 is 10.1 Å². The molecule has 4 heteroatoms. The number of aliphatic hydroxyl groups excluding tert-OH is 2. The van der Waals surface area contributed by atoms with E-state index in [4.69, 9.17) is 4.74 Å². The second-order valence-electron chi connectivity index (χ2n) is 4.75. The molecule has 0 spiro atoms. The minimum absolute atomic E-state index is 0.0499. The number of ether oxygens (including phenoxy) is 1. The fourth-order valence-electron chi connectivity index (χ4n) is 1.60. The summed E-state index contributed by atoms with van der Waals surface area (Å²) in [5.41, 5.74) is 0.457. The molecular formula is C14H23NO3. The Kier molecular flexibility index (Phi) is 5.59. The van der Waals surface area contributed by atoms with Crippen molar-refractivity contribution in [2.75, 3.05) is 20.3 Å². The highest BCUT2D eigenvalue weighted by molar-refractivity contribution is 5.29. The summed E-state index contributed by atoms with van der Waals surface area (Å²) in [5.74, 6) is 0.729. The molecule has 1 aromatic carbocycles. The number of nitrogens with one attached hydrogen (secondary N) is 1. The Hall–Kier alpha value is -1.10. The van der Waals surface area contributed by atoms with Crippen LogP contribution in [0.1, 0.15) is 31.9 Å². The van der Waals surface area contributed by atoms with Crippen LogP contribution in [0, 0.1) is 0 Å². The zero-order valence-electron chi connectivity index (χ0n) is 11.3. The molecule has 102 valence electrons. The molecule has 0 saturated heterocycles. The van der Waals surface area contributed by atoms with Gasteiger partial charge < -0.3 is 20.3 Å². The van der Waals surface area contributed by atoms with E-state index >= 15 is 0 Å². The van der Waals surface area contributed by atoms with Gasteiger partial charge in [-0.15, -0.1) is 0 Å². The van der Waals surface area contributed by atoms with E-state index in [9.17, 15) is 10.2 Å². The smallest absolute Gasteiger partial charge is 0.119 e. The molecule has 0 bridgehead atoms. The van der Waals surface area contributed by atoms with Gasteiger partial charge in [0, 0.05) is 12.1 Å². The Labute approximate surface area is 109 Å². The molecule has 1 rings (SSSR count). The maximum atomic E-state index is 10.1. The highest BCUT2D eigenvalue weighted by atomic mass is 16.5. The van der Waals surface area contributed by atoms with Crippen molar-refractivity contribution in [3.05, 3.63) is 29.8 Å². The van der Waals surface area contributed by atoms with Crippen LogP contribution in [0.5, 0.6) is 5.75 Å². The molecule has 0 aliphatic carbocycles. The molecular weight excluding hydrogens is 230 g/mol. The summed E-state index contributed by atoms with van der Waals surface area (Å²) in [6.07, 6.45) is 0.187. The number of hydrogen-bond donors (Lipinski definition) is 3. The van der Waals surface area contributed by atoms with Gasteiger partial charge in [0.25, 0.3) is 0 Å². The van der Waals surface area contributed by atoms with Gasteiger partial charge in [-0.05, 0) is 31.0 Å². The zero-order chi connectivity index (χ0) is 13.6. The predicted octanol–water partition coefficient (Wildman–Crippen LogP) is 1.48. The van der Waals surface area contributed by atoms with E-state index < -0.39 is 6.10 Å². The lowest BCUT2D eigenvalue weighted by atomic mass is 9.99. The van der Waals surface area contributed by atoms with Crippen molar-refractivity contribution in [3.8, 4) is 5.75 Å². The molecule has 1 aromatic rings. The lowest BCUT2D eigenvalue weighted by Gasteiger charge is -2.28. The van der Waals surface area contributed by atoms with E-state index in [1.165, 1.54) is 0 Å². The zero-order valence-corrected chi connectivity index (χ0v) is 11.3. The summed E-state index contributed by atoms with van der Waals surface area (Å²) in [6.45, 7) is 4.39. The molecule has 4 nitrogen and oxygen atoms in total. The summed E-state index contributed by atoms with van der Waals surface area (Å²) in [5, 5.41) is 22.6. The third kappa shape index (κ3) is 3.98. The first-order chi connectivity index (χ1) is 8.54. The SMILES string of the molecule is CCC(C)(CO)NCC(O)c1cccc(OC)c1. The van der Waals surface area contributed by atoms with Gasteiger partial charge in [-0.1, -0.05) is 19.1 Å². The van der Waals surface area contributed by atoms with Crippen molar-refractivity contribution in [2.24, 2.45) is 0 Å². The molecule has 0 aromatic heterocycles. The molecule has 0 heterocycles. The summed E-state index contributed by atoms with van der Waals surface area (Å²) in [6, 6.07) is 7.36. The molecule has 0 saturated carbocycles. The van der Waals surface area contributed by atoms with Crippen LogP contribution in [0.3, 0.4) is 0 Å². The molecule has 2 atom stereocenters. The highest BCUT2D eigenvalue weighted by Crippen LogP contribution is 2.19. The molecule has 3 N–H and O–H groups in total. The van der Waals surface area contributed by atoms with Crippen molar-refractivity contribution in [2.45, 2.75) is 31.9 Å². The highest BCUT2D eigenvalue weighted by Gasteiger charge is 2.21. The minimum Gasteiger partial charge on any atom is -0.497 e. The van der Waals surface area contributed by atoms with Crippen molar-refractivity contribution in [1.82, 2.24) is 5.32 Å². The van der Waals surface area contributed by atoms with Crippen LogP contribution in [-0.2, 0) is 0 Å². The molecule has 0 amide bonds. The first kappa shape index (κ1) is 15.0. The van der Waals surface area contributed by atoms with Crippen LogP contribution in [0.4, 0.5) is 0 Å². The number of β-amino-alcohol motifs (C(OH)–C–C–N with tert-alkyl or cyclic N) is 1. The van der Waals surface area contributed by atoms with Gasteiger partial charge in [0.1, 0.15) is 5.75 Å². The predicted molar refractivity (Wildman–Crippen MR) is 71.7 cm³/mol. The van der Waals surface area contributed by atoms with Gasteiger partial charge in [0.2, 0.25) is 0 Å². The van der Waals surface area contributed by atoms with E-state index in [0.717, 1.165) is 17.7 Å². The van der Waals surface area contributed by atoms with Crippen molar-refractivity contribution in [1.29, 1.82) is 0 Å². The standard InChI is InChI=1S/C14H23NO3/c1-4-14(2,10-16)15-9-13(17)11-6-5-7-12(8-11)18-3/h5-8,13,15-17H,4,9-10H2,1-3H3. The van der Waals surface area contributed by atoms with Crippen molar-refractivity contribution in [3.63, 3.8) is 0 Å². The first-order valence-electron chi connectivity index (χ1n) is 6.22. The lowest BCUT2D eigenvalue weighted by Crippen LogP contribution is -2.46. The molecule has 0 aliphatic heterocycles. The molecule has 18 heavy (non-hydrogen) atoms. The average molecular weight is 253 g/mol. The van der Waals surface area contributed by atoms with E-state index in [1.54, 1.807) is 7.11 Å². The third-order valence-corrected chi connectivity index (χ3v) is 3.33. The van der Waals surface area contributed by atoms with Crippen LogP contribution in [0.15, 0.2) is 24.3 Å². The maximum absolute atomic E-state index is 10.1. The number of rotatable bonds is 7. The summed E-state index contributed by atoms with van der Waals surface area (Å²) < 4.78 is 5.12. The molecule has 0 fully saturated rings. The summed E-state index contributed by atoms with van der Waals surface area (Å²) in [4.78, 5) is 0. The lowest BCUT2D eigenvalue weighted by molar-refractivity contribution is 0.126. The second kappa shape index (κ2) is 6.73. The van der Waals surface area contributed by atoms with E-state index in [1.807, 2.05) is 38.1 Å². The van der Waals surface area contributed by atoms with E-state index in [0.29, 0.717) is 6.54 Å². The minimum atomic E-state index is -0.613. The van der Waals surface area contributed by atoms with Gasteiger partial charge in [-0.2, -0.15) is 0 Å². The largest absolute Gasteiger partial charge is 0.497 e. The van der Waals surface area contributed by atoms with Gasteiger partial charge >= 0.3 is 0 Å². The van der Waals surface area contributed by atoms with Crippen molar-refractivity contribution < 1.29 is 14.9 Å². The number of aliphatic hydroxyl groups is 2. The van der Waals surface area contributed by atoms with Gasteiger partial charge in [-0.3, -0.25) is 0 Å². The van der Waals surface area contributed by atoms with Crippen LogP contribution in [0.25, 0.3) is 0 Å². The number of benzene rings is 1. The summed E-state index contributed by atoms with van der Waals surface area (Å²) in [7, 11) is 1.60. The Bertz CT molecular complexity index is 364. The number of hydrogen-bond acceptors (Lipinski definition) is 4. The Balaban J connectivity index is 2.62. The molecule has 0 radical (unpaired) electrons. The maximum Gasteiger partial charge on any atom is 0.119 e. The third-order valence-electron chi connectivity index (χ3n) is 3.33. The average Bonchev–Trinajstić information content (AvgIpc) is 2.44.